The summed E-state index contributed by atoms with van der Waals surface area (Å²) in [5.41, 5.74) is 2.80. The molecule has 2 aliphatic rings. The van der Waals surface area contributed by atoms with Crippen molar-refractivity contribution >= 4 is 33.8 Å². The van der Waals surface area contributed by atoms with Gasteiger partial charge in [-0.25, -0.2) is 0 Å². The van der Waals surface area contributed by atoms with Gasteiger partial charge in [0.25, 0.3) is 11.8 Å². The van der Waals surface area contributed by atoms with Gasteiger partial charge in [0.2, 0.25) is 0 Å². The minimum atomic E-state index is -0.225. The lowest BCUT2D eigenvalue weighted by atomic mass is 9.88. The van der Waals surface area contributed by atoms with E-state index in [4.69, 9.17) is 9.47 Å². The topological polar surface area (TPSA) is 76.7 Å². The molecule has 2 N–H and O–H groups in total. The Morgan fingerprint density at radius 2 is 1.75 bits per heavy atom. The number of anilines is 2. The highest BCUT2D eigenvalue weighted by Gasteiger charge is 2.29. The van der Waals surface area contributed by atoms with E-state index >= 15 is 0 Å². The van der Waals surface area contributed by atoms with E-state index in [2.05, 4.69) is 17.6 Å². The normalized spacial score (nSPS) is 16.7. The lowest BCUT2D eigenvalue weighted by Gasteiger charge is -2.20. The Hall–Kier alpha value is -3.32. The predicted octanol–water partition coefficient (Wildman–Crippen LogP) is 5.15. The number of hydrogen-bond acceptors (Lipinski definition) is 5. The summed E-state index contributed by atoms with van der Waals surface area (Å²) >= 11 is 1.51. The van der Waals surface area contributed by atoms with Crippen LogP contribution in [0.1, 0.15) is 44.5 Å². The van der Waals surface area contributed by atoms with Crippen LogP contribution >= 0.6 is 11.3 Å². The zero-order valence-corrected chi connectivity index (χ0v) is 18.6. The Bertz CT molecular complexity index is 1170. The van der Waals surface area contributed by atoms with E-state index in [1.54, 1.807) is 30.3 Å². The first-order valence-corrected chi connectivity index (χ1v) is 11.6. The Labute approximate surface area is 190 Å². The lowest BCUT2D eigenvalue weighted by molar-refractivity contribution is 0.102. The Morgan fingerprint density at radius 1 is 0.969 bits per heavy atom. The van der Waals surface area contributed by atoms with Crippen LogP contribution in [0.25, 0.3) is 0 Å². The van der Waals surface area contributed by atoms with Crippen molar-refractivity contribution in [3.8, 4) is 11.5 Å². The van der Waals surface area contributed by atoms with Crippen molar-refractivity contribution in [2.45, 2.75) is 26.2 Å². The maximum Gasteiger partial charge on any atom is 0.258 e. The van der Waals surface area contributed by atoms with Gasteiger partial charge < -0.3 is 20.1 Å². The van der Waals surface area contributed by atoms with E-state index in [-0.39, 0.29) is 11.8 Å². The third-order valence-corrected chi connectivity index (χ3v) is 6.97. The Balaban J connectivity index is 1.45. The molecule has 1 unspecified atom stereocenters. The monoisotopic (exact) mass is 448 g/mol. The summed E-state index contributed by atoms with van der Waals surface area (Å²) in [5.74, 6) is 1.41. The Morgan fingerprint density at radius 3 is 2.56 bits per heavy atom. The Kier molecular flexibility index (Phi) is 5.57. The molecule has 1 aliphatic carbocycles. The lowest BCUT2D eigenvalue weighted by Crippen LogP contribution is -2.20. The second-order valence-corrected chi connectivity index (χ2v) is 9.29. The molecule has 0 spiro atoms. The molecule has 1 aromatic heterocycles. The average Bonchev–Trinajstić information content (AvgIpc) is 3.16. The number of carbonyl (C=O) groups excluding carboxylic acids is 2. The fourth-order valence-electron chi connectivity index (χ4n) is 4.16. The zero-order chi connectivity index (χ0) is 22.1. The number of carbonyl (C=O) groups is 2. The molecule has 0 saturated heterocycles. The maximum absolute atomic E-state index is 13.4. The van der Waals surface area contributed by atoms with E-state index in [9.17, 15) is 9.59 Å². The molecule has 0 saturated carbocycles. The van der Waals surface area contributed by atoms with Crippen molar-refractivity contribution in [3.05, 3.63) is 70.1 Å². The number of benzene rings is 2. The highest BCUT2D eigenvalue weighted by Crippen LogP contribution is 2.40. The third-order valence-electron chi connectivity index (χ3n) is 5.80. The fourth-order valence-corrected chi connectivity index (χ4v) is 5.56. The summed E-state index contributed by atoms with van der Waals surface area (Å²) in [6, 6.07) is 14.4. The minimum Gasteiger partial charge on any atom is -0.486 e. The van der Waals surface area contributed by atoms with E-state index in [1.807, 2.05) is 18.2 Å². The summed E-state index contributed by atoms with van der Waals surface area (Å²) < 4.78 is 11.2. The van der Waals surface area contributed by atoms with Gasteiger partial charge in [-0.05, 0) is 55.0 Å². The van der Waals surface area contributed by atoms with E-state index in [0.29, 0.717) is 52.4 Å². The quantitative estimate of drug-likeness (QED) is 0.579. The SMILES string of the molecule is CC1CCc2c(sc(NC(=O)c3ccccc3)c2C(=O)Nc2ccc3c(c2)OCCO3)C1. The summed E-state index contributed by atoms with van der Waals surface area (Å²) in [7, 11) is 0. The van der Waals surface area contributed by atoms with Gasteiger partial charge in [-0.1, -0.05) is 25.1 Å². The number of fused-ring (bicyclic) bond motifs is 2. The van der Waals surface area contributed by atoms with Gasteiger partial charge in [-0.15, -0.1) is 11.3 Å². The summed E-state index contributed by atoms with van der Waals surface area (Å²) in [5, 5.41) is 6.58. The number of rotatable bonds is 4. The van der Waals surface area contributed by atoms with Crippen LogP contribution in [0, 0.1) is 5.92 Å². The first kappa shape index (κ1) is 20.6. The largest absolute Gasteiger partial charge is 0.486 e. The minimum absolute atomic E-state index is 0.217. The van der Waals surface area contributed by atoms with Crippen molar-refractivity contribution in [3.63, 3.8) is 0 Å². The number of thiophene rings is 1. The van der Waals surface area contributed by atoms with Crippen LogP contribution < -0.4 is 20.1 Å². The fraction of sp³-hybridized carbons (Fsp3) is 0.280. The van der Waals surface area contributed by atoms with Crippen LogP contribution in [0.2, 0.25) is 0 Å². The molecule has 6 nitrogen and oxygen atoms in total. The summed E-state index contributed by atoms with van der Waals surface area (Å²) in [6.45, 7) is 3.22. The van der Waals surface area contributed by atoms with Gasteiger partial charge in [0, 0.05) is 22.2 Å². The van der Waals surface area contributed by atoms with Crippen LogP contribution in [0.4, 0.5) is 10.7 Å². The molecule has 32 heavy (non-hydrogen) atoms. The van der Waals surface area contributed by atoms with Gasteiger partial charge >= 0.3 is 0 Å². The van der Waals surface area contributed by atoms with Crippen LogP contribution in [0.5, 0.6) is 11.5 Å². The maximum atomic E-state index is 13.4. The first-order chi connectivity index (χ1) is 15.6. The molecule has 0 bridgehead atoms. The van der Waals surface area contributed by atoms with Gasteiger partial charge in [0.1, 0.15) is 18.2 Å². The van der Waals surface area contributed by atoms with Gasteiger partial charge in [0.05, 0.1) is 5.56 Å². The molecule has 1 aliphatic heterocycles. The third kappa shape index (κ3) is 4.08. The number of ether oxygens (including phenoxy) is 2. The highest BCUT2D eigenvalue weighted by molar-refractivity contribution is 7.17. The summed E-state index contributed by atoms with van der Waals surface area (Å²) in [6.07, 6.45) is 2.78. The number of amides is 2. The predicted molar refractivity (Wildman–Crippen MR) is 125 cm³/mol. The van der Waals surface area contributed by atoms with Crippen LogP contribution in [0.3, 0.4) is 0 Å². The van der Waals surface area contributed by atoms with Gasteiger partial charge in [0.15, 0.2) is 11.5 Å². The smallest absolute Gasteiger partial charge is 0.258 e. The zero-order valence-electron chi connectivity index (χ0n) is 17.8. The molecule has 2 aromatic carbocycles. The molecule has 3 aromatic rings. The molecular weight excluding hydrogens is 424 g/mol. The van der Waals surface area contributed by atoms with Crippen molar-refractivity contribution in [1.82, 2.24) is 0 Å². The molecule has 0 radical (unpaired) electrons. The van der Waals surface area contributed by atoms with E-state index in [0.717, 1.165) is 24.8 Å². The van der Waals surface area contributed by atoms with Crippen molar-refractivity contribution in [1.29, 1.82) is 0 Å². The second-order valence-electron chi connectivity index (χ2n) is 8.19. The van der Waals surface area contributed by atoms with Gasteiger partial charge in [-0.2, -0.15) is 0 Å². The molecule has 0 fully saturated rings. The van der Waals surface area contributed by atoms with Crippen LogP contribution in [-0.2, 0) is 12.8 Å². The number of hydrogen-bond donors (Lipinski definition) is 2. The molecule has 1 atom stereocenters. The van der Waals surface area contributed by atoms with Crippen molar-refractivity contribution < 1.29 is 19.1 Å². The van der Waals surface area contributed by atoms with E-state index in [1.165, 1.54) is 16.2 Å². The highest BCUT2D eigenvalue weighted by atomic mass is 32.1. The first-order valence-electron chi connectivity index (χ1n) is 10.8. The molecule has 5 rings (SSSR count). The average molecular weight is 449 g/mol. The molecule has 2 amide bonds. The molecular formula is C25H24N2O4S. The molecule has 164 valence electrons. The van der Waals surface area contributed by atoms with Crippen LogP contribution in [0.15, 0.2) is 48.5 Å². The van der Waals surface area contributed by atoms with Gasteiger partial charge in [-0.3, -0.25) is 9.59 Å². The number of nitrogens with one attached hydrogen (secondary N) is 2. The van der Waals surface area contributed by atoms with E-state index < -0.39 is 0 Å². The summed E-state index contributed by atoms with van der Waals surface area (Å²) in [4.78, 5) is 27.4. The van der Waals surface area contributed by atoms with Crippen molar-refractivity contribution in [2.24, 2.45) is 5.92 Å². The van der Waals surface area contributed by atoms with Crippen LogP contribution in [-0.4, -0.2) is 25.0 Å². The second kappa shape index (κ2) is 8.67. The molecule has 2 heterocycles. The van der Waals surface area contributed by atoms with Crippen molar-refractivity contribution in [2.75, 3.05) is 23.8 Å². The molecule has 7 heteroatoms. The standard InChI is InChI=1S/C25H24N2O4S/c1-15-7-9-18-21(13-15)32-25(27-23(28)16-5-3-2-4-6-16)22(18)24(29)26-17-8-10-19-20(14-17)31-12-11-30-19/h2-6,8,10,14-15H,7,9,11-13H2,1H3,(H,26,29)(H,27,28).